The van der Waals surface area contributed by atoms with Gasteiger partial charge in [-0.1, -0.05) is 13.8 Å². The molecule has 26 heavy (non-hydrogen) atoms. The van der Waals surface area contributed by atoms with Crippen molar-refractivity contribution in [3.05, 3.63) is 57.3 Å². The van der Waals surface area contributed by atoms with Crippen molar-refractivity contribution in [1.29, 1.82) is 5.26 Å². The fourth-order valence-electron chi connectivity index (χ4n) is 2.77. The number of fused-ring (bicyclic) bond motifs is 1. The number of halogens is 4. The second-order valence-corrected chi connectivity index (χ2v) is 6.03. The fraction of sp³-hybridized carbons (Fsp3) is 0.235. The predicted octanol–water partition coefficient (Wildman–Crippen LogP) is 3.84. The number of benzene rings is 1. The number of alkyl halides is 3. The number of rotatable bonds is 2. The molecule has 0 atom stereocenters. The number of hydrogen-bond donors (Lipinski definition) is 1. The molecule has 0 aliphatic rings. The molecule has 2 heterocycles. The summed E-state index contributed by atoms with van der Waals surface area (Å²) in [4.78, 5) is 15.5. The molecule has 0 aliphatic carbocycles. The van der Waals surface area contributed by atoms with Gasteiger partial charge in [0, 0.05) is 11.1 Å². The van der Waals surface area contributed by atoms with Gasteiger partial charge in [-0.3, -0.25) is 4.79 Å². The minimum Gasteiger partial charge on any atom is -0.338 e. The molecule has 1 aromatic carbocycles. The van der Waals surface area contributed by atoms with Crippen molar-refractivity contribution >= 4 is 5.65 Å². The van der Waals surface area contributed by atoms with E-state index in [-0.39, 0.29) is 33.9 Å². The van der Waals surface area contributed by atoms with Gasteiger partial charge in [-0.25, -0.2) is 4.39 Å². The maximum Gasteiger partial charge on any atom is 0.416 e. The summed E-state index contributed by atoms with van der Waals surface area (Å²) in [6.45, 7) is 3.36. The Kier molecular flexibility index (Phi) is 4.06. The highest BCUT2D eigenvalue weighted by Gasteiger charge is 2.32. The Bertz CT molecular complexity index is 1100. The molecular weight excluding hydrogens is 352 g/mol. The Morgan fingerprint density at radius 1 is 1.27 bits per heavy atom. The first kappa shape index (κ1) is 17.7. The van der Waals surface area contributed by atoms with Crippen LogP contribution in [0, 0.1) is 17.1 Å². The Hall–Kier alpha value is -3.15. The molecule has 0 spiro atoms. The van der Waals surface area contributed by atoms with Crippen LogP contribution in [0.5, 0.6) is 0 Å². The molecule has 0 radical (unpaired) electrons. The lowest BCUT2D eigenvalue weighted by Crippen LogP contribution is -2.22. The van der Waals surface area contributed by atoms with Gasteiger partial charge in [0.15, 0.2) is 5.65 Å². The SMILES string of the molecule is CC(C)c1c(-c2cc(F)cc(C(F)(F)F)c2)[nH]c2c(C#N)cnn2c1=O. The number of aromatic nitrogens is 3. The summed E-state index contributed by atoms with van der Waals surface area (Å²) in [6, 6.07) is 3.90. The average molecular weight is 364 g/mol. The number of aromatic amines is 1. The van der Waals surface area contributed by atoms with Crippen LogP contribution in [0.2, 0.25) is 0 Å². The van der Waals surface area contributed by atoms with Gasteiger partial charge >= 0.3 is 6.18 Å². The number of H-pyrrole nitrogens is 1. The molecule has 0 saturated carbocycles. The van der Waals surface area contributed by atoms with E-state index in [0.717, 1.165) is 16.6 Å². The number of hydrogen-bond acceptors (Lipinski definition) is 3. The van der Waals surface area contributed by atoms with E-state index in [0.29, 0.717) is 6.07 Å². The summed E-state index contributed by atoms with van der Waals surface area (Å²) in [5, 5.41) is 13.0. The molecular formula is C17H12F4N4O. The number of nitrogens with zero attached hydrogens (tertiary/aromatic N) is 3. The maximum absolute atomic E-state index is 13.8. The third-order valence-electron chi connectivity index (χ3n) is 3.92. The van der Waals surface area contributed by atoms with E-state index in [1.54, 1.807) is 13.8 Å². The zero-order valence-electron chi connectivity index (χ0n) is 13.6. The number of nitrogens with one attached hydrogen (secondary N) is 1. The van der Waals surface area contributed by atoms with Crippen molar-refractivity contribution in [3.8, 4) is 17.3 Å². The lowest BCUT2D eigenvalue weighted by Gasteiger charge is -2.15. The van der Waals surface area contributed by atoms with Crippen molar-refractivity contribution in [2.45, 2.75) is 25.9 Å². The summed E-state index contributed by atoms with van der Waals surface area (Å²) in [7, 11) is 0. The lowest BCUT2D eigenvalue weighted by molar-refractivity contribution is -0.137. The summed E-state index contributed by atoms with van der Waals surface area (Å²) in [5.74, 6) is -1.47. The summed E-state index contributed by atoms with van der Waals surface area (Å²) < 4.78 is 53.9. The molecule has 9 heteroatoms. The van der Waals surface area contributed by atoms with Gasteiger partial charge in [0.1, 0.15) is 17.4 Å². The Morgan fingerprint density at radius 2 is 1.96 bits per heavy atom. The van der Waals surface area contributed by atoms with Crippen LogP contribution >= 0.6 is 0 Å². The van der Waals surface area contributed by atoms with Gasteiger partial charge in [-0.2, -0.15) is 28.0 Å². The Balaban J connectivity index is 2.41. The van der Waals surface area contributed by atoms with Crippen molar-refractivity contribution in [1.82, 2.24) is 14.6 Å². The van der Waals surface area contributed by atoms with Crippen LogP contribution < -0.4 is 5.56 Å². The largest absolute Gasteiger partial charge is 0.416 e. The Labute approximate surface area is 144 Å². The summed E-state index contributed by atoms with van der Waals surface area (Å²) >= 11 is 0. The van der Waals surface area contributed by atoms with Crippen LogP contribution in [0.3, 0.4) is 0 Å². The zero-order valence-corrected chi connectivity index (χ0v) is 13.6. The minimum atomic E-state index is -4.74. The van der Waals surface area contributed by atoms with E-state index in [4.69, 9.17) is 5.26 Å². The van der Waals surface area contributed by atoms with E-state index in [2.05, 4.69) is 10.1 Å². The predicted molar refractivity (Wildman–Crippen MR) is 85.0 cm³/mol. The third kappa shape index (κ3) is 2.83. The van der Waals surface area contributed by atoms with Crippen LogP contribution in [-0.4, -0.2) is 14.6 Å². The van der Waals surface area contributed by atoms with Crippen LogP contribution in [0.15, 0.2) is 29.2 Å². The van der Waals surface area contributed by atoms with Crippen molar-refractivity contribution in [3.63, 3.8) is 0 Å². The first-order valence-electron chi connectivity index (χ1n) is 7.55. The molecule has 5 nitrogen and oxygen atoms in total. The minimum absolute atomic E-state index is 0.0273. The van der Waals surface area contributed by atoms with E-state index >= 15 is 0 Å². The summed E-state index contributed by atoms with van der Waals surface area (Å²) in [5.41, 5.74) is -1.63. The fourth-order valence-corrected chi connectivity index (χ4v) is 2.77. The Morgan fingerprint density at radius 3 is 2.54 bits per heavy atom. The molecule has 2 aromatic heterocycles. The normalized spacial score (nSPS) is 11.9. The van der Waals surface area contributed by atoms with Crippen LogP contribution in [0.25, 0.3) is 16.9 Å². The maximum atomic E-state index is 13.8. The zero-order chi connectivity index (χ0) is 19.2. The molecule has 0 aliphatic heterocycles. The van der Waals surface area contributed by atoms with E-state index in [9.17, 15) is 22.4 Å². The van der Waals surface area contributed by atoms with E-state index < -0.39 is 23.1 Å². The second-order valence-electron chi connectivity index (χ2n) is 6.03. The highest BCUT2D eigenvalue weighted by molar-refractivity contribution is 5.69. The average Bonchev–Trinajstić information content (AvgIpc) is 2.96. The summed E-state index contributed by atoms with van der Waals surface area (Å²) in [6.07, 6.45) is -3.57. The van der Waals surface area contributed by atoms with Crippen LogP contribution in [-0.2, 0) is 6.18 Å². The van der Waals surface area contributed by atoms with Crippen LogP contribution in [0.4, 0.5) is 17.6 Å². The van der Waals surface area contributed by atoms with E-state index in [1.807, 2.05) is 6.07 Å². The van der Waals surface area contributed by atoms with Gasteiger partial charge in [-0.05, 0) is 24.1 Å². The van der Waals surface area contributed by atoms with Gasteiger partial charge in [-0.15, -0.1) is 0 Å². The molecule has 3 aromatic rings. The highest BCUT2D eigenvalue weighted by Crippen LogP contribution is 2.34. The first-order valence-corrected chi connectivity index (χ1v) is 7.55. The second kappa shape index (κ2) is 5.98. The topological polar surface area (TPSA) is 73.9 Å². The van der Waals surface area contributed by atoms with Crippen molar-refractivity contribution in [2.75, 3.05) is 0 Å². The lowest BCUT2D eigenvalue weighted by atomic mass is 9.97. The highest BCUT2D eigenvalue weighted by atomic mass is 19.4. The molecule has 0 unspecified atom stereocenters. The van der Waals surface area contributed by atoms with Crippen LogP contribution in [0.1, 0.15) is 36.5 Å². The standard InChI is InChI=1S/C17H12F4N4O/c1-8(2)13-14(9-3-11(17(19,20)21)5-12(18)4-9)24-15-10(6-22)7-23-25(15)16(13)26/h3-5,7-8,24H,1-2H3. The van der Waals surface area contributed by atoms with Gasteiger partial charge in [0.05, 0.1) is 17.5 Å². The first-order chi connectivity index (χ1) is 12.1. The molecule has 0 saturated heterocycles. The molecule has 0 fully saturated rings. The van der Waals surface area contributed by atoms with Gasteiger partial charge < -0.3 is 4.98 Å². The molecule has 0 amide bonds. The quantitative estimate of drug-likeness (QED) is 0.702. The smallest absolute Gasteiger partial charge is 0.338 e. The number of nitriles is 1. The molecule has 134 valence electrons. The molecule has 0 bridgehead atoms. The van der Waals surface area contributed by atoms with Crippen molar-refractivity contribution < 1.29 is 17.6 Å². The van der Waals surface area contributed by atoms with E-state index in [1.165, 1.54) is 6.20 Å². The van der Waals surface area contributed by atoms with Crippen molar-refractivity contribution in [2.24, 2.45) is 0 Å². The monoisotopic (exact) mass is 364 g/mol. The molecule has 3 rings (SSSR count). The van der Waals surface area contributed by atoms with Gasteiger partial charge in [0.25, 0.3) is 5.56 Å². The van der Waals surface area contributed by atoms with Gasteiger partial charge in [0.2, 0.25) is 0 Å². The molecule has 1 N–H and O–H groups in total. The third-order valence-corrected chi connectivity index (χ3v) is 3.92.